The summed E-state index contributed by atoms with van der Waals surface area (Å²) in [4.78, 5) is 4.23. The lowest BCUT2D eigenvalue weighted by Crippen LogP contribution is -2.25. The van der Waals surface area contributed by atoms with Gasteiger partial charge < -0.3 is 16.8 Å². The summed E-state index contributed by atoms with van der Waals surface area (Å²) in [5, 5.41) is 2.94. The predicted molar refractivity (Wildman–Crippen MR) is 59.5 cm³/mol. The smallest absolute Gasteiger partial charge is 0.114 e. The van der Waals surface area contributed by atoms with Gasteiger partial charge in [-0.2, -0.15) is 0 Å². The van der Waals surface area contributed by atoms with Crippen LogP contribution in [0.4, 0.5) is 5.69 Å². The number of hydrogen-bond donors (Lipinski definition) is 3. The Labute approximate surface area is 84.0 Å². The molecule has 1 aromatic carbocycles. The fraction of sp³-hybridized carbons (Fsp3) is 0.300. The number of likely N-dealkylation sites (N-methyl/N-ethyl adjacent to an activating group) is 1. The van der Waals surface area contributed by atoms with Gasteiger partial charge in [-0.15, -0.1) is 0 Å². The van der Waals surface area contributed by atoms with Crippen LogP contribution in [0.15, 0.2) is 29.3 Å². The molecule has 0 saturated carbocycles. The Hall–Kier alpha value is -1.39. The van der Waals surface area contributed by atoms with E-state index in [1.165, 1.54) is 0 Å². The highest BCUT2D eigenvalue weighted by molar-refractivity contribution is 5.84. The second kappa shape index (κ2) is 5.36. The van der Waals surface area contributed by atoms with Crippen molar-refractivity contribution < 1.29 is 0 Å². The zero-order chi connectivity index (χ0) is 10.4. The van der Waals surface area contributed by atoms with Gasteiger partial charge in [0.15, 0.2) is 0 Å². The first-order valence-corrected chi connectivity index (χ1v) is 4.53. The van der Waals surface area contributed by atoms with Gasteiger partial charge in [-0.25, -0.2) is 4.99 Å². The first-order chi connectivity index (χ1) is 6.76. The number of aliphatic imine (C=N–C) groups is 1. The Morgan fingerprint density at radius 2 is 2.29 bits per heavy atom. The van der Waals surface area contributed by atoms with Crippen molar-refractivity contribution in [3.05, 3.63) is 29.8 Å². The van der Waals surface area contributed by atoms with Crippen LogP contribution < -0.4 is 16.8 Å². The topological polar surface area (TPSA) is 76.4 Å². The zero-order valence-electron chi connectivity index (χ0n) is 8.33. The monoisotopic (exact) mass is 192 g/mol. The molecular formula is C10H16N4. The van der Waals surface area contributed by atoms with E-state index in [2.05, 4.69) is 10.3 Å². The summed E-state index contributed by atoms with van der Waals surface area (Å²) in [6.07, 6.45) is 0. The second-order valence-electron chi connectivity index (χ2n) is 3.01. The van der Waals surface area contributed by atoms with E-state index in [1.54, 1.807) is 0 Å². The molecule has 4 heteroatoms. The third-order valence-corrected chi connectivity index (χ3v) is 1.78. The molecule has 0 aromatic heterocycles. The Morgan fingerprint density at radius 1 is 1.50 bits per heavy atom. The fourth-order valence-electron chi connectivity index (χ4n) is 1.14. The van der Waals surface area contributed by atoms with E-state index < -0.39 is 0 Å². The third-order valence-electron chi connectivity index (χ3n) is 1.78. The van der Waals surface area contributed by atoms with E-state index in [9.17, 15) is 0 Å². The van der Waals surface area contributed by atoms with Crippen LogP contribution in [0.2, 0.25) is 0 Å². The number of nitrogens with one attached hydrogen (secondary N) is 1. The zero-order valence-corrected chi connectivity index (χ0v) is 8.33. The summed E-state index contributed by atoms with van der Waals surface area (Å²) >= 11 is 0. The third kappa shape index (κ3) is 3.16. The SMILES string of the molecule is CNCC(N)=Nc1cccc(CN)c1. The Bertz CT molecular complexity index is 320. The molecule has 0 bridgehead atoms. The van der Waals surface area contributed by atoms with E-state index in [1.807, 2.05) is 31.3 Å². The van der Waals surface area contributed by atoms with Crippen molar-refractivity contribution in [2.75, 3.05) is 13.6 Å². The maximum Gasteiger partial charge on any atom is 0.114 e. The highest BCUT2D eigenvalue weighted by Gasteiger charge is 1.94. The van der Waals surface area contributed by atoms with Crippen molar-refractivity contribution in [3.63, 3.8) is 0 Å². The molecule has 5 N–H and O–H groups in total. The van der Waals surface area contributed by atoms with Gasteiger partial charge in [-0.1, -0.05) is 12.1 Å². The Morgan fingerprint density at radius 3 is 2.93 bits per heavy atom. The minimum atomic E-state index is 0.523. The summed E-state index contributed by atoms with van der Waals surface area (Å²) in [7, 11) is 1.83. The summed E-state index contributed by atoms with van der Waals surface area (Å²) in [5.41, 5.74) is 13.1. The summed E-state index contributed by atoms with van der Waals surface area (Å²) in [6, 6.07) is 7.73. The van der Waals surface area contributed by atoms with Crippen molar-refractivity contribution in [1.29, 1.82) is 0 Å². The molecule has 0 fully saturated rings. The van der Waals surface area contributed by atoms with Crippen LogP contribution in [0.1, 0.15) is 5.56 Å². The van der Waals surface area contributed by atoms with E-state index in [4.69, 9.17) is 11.5 Å². The molecule has 0 aliphatic heterocycles. The molecule has 1 aromatic rings. The van der Waals surface area contributed by atoms with Crippen molar-refractivity contribution in [1.82, 2.24) is 5.32 Å². The van der Waals surface area contributed by atoms with Crippen LogP contribution in [0.25, 0.3) is 0 Å². The molecule has 1 rings (SSSR count). The molecule has 0 aliphatic carbocycles. The number of benzene rings is 1. The van der Waals surface area contributed by atoms with Gasteiger partial charge in [-0.3, -0.25) is 0 Å². The van der Waals surface area contributed by atoms with E-state index in [-0.39, 0.29) is 0 Å². The lowest BCUT2D eigenvalue weighted by molar-refractivity contribution is 0.939. The van der Waals surface area contributed by atoms with Gasteiger partial charge >= 0.3 is 0 Å². The van der Waals surface area contributed by atoms with Crippen molar-refractivity contribution in [2.24, 2.45) is 16.5 Å². The van der Waals surface area contributed by atoms with E-state index in [0.29, 0.717) is 18.9 Å². The first kappa shape index (κ1) is 10.7. The van der Waals surface area contributed by atoms with Crippen molar-refractivity contribution >= 4 is 11.5 Å². The highest BCUT2D eigenvalue weighted by Crippen LogP contribution is 2.13. The van der Waals surface area contributed by atoms with Crippen molar-refractivity contribution in [3.8, 4) is 0 Å². The number of nitrogens with zero attached hydrogens (tertiary/aromatic N) is 1. The number of amidine groups is 1. The number of hydrogen-bond acceptors (Lipinski definition) is 3. The van der Waals surface area contributed by atoms with Gasteiger partial charge in [0.2, 0.25) is 0 Å². The van der Waals surface area contributed by atoms with Crippen LogP contribution in [-0.4, -0.2) is 19.4 Å². The van der Waals surface area contributed by atoms with Gasteiger partial charge in [0.25, 0.3) is 0 Å². The molecule has 0 aliphatic rings. The minimum Gasteiger partial charge on any atom is -0.386 e. The fourth-order valence-corrected chi connectivity index (χ4v) is 1.14. The molecule has 0 unspecified atom stereocenters. The average molecular weight is 192 g/mol. The van der Waals surface area contributed by atoms with Gasteiger partial charge in [0, 0.05) is 6.54 Å². The molecule has 0 saturated heterocycles. The van der Waals surface area contributed by atoms with Gasteiger partial charge in [0.05, 0.1) is 12.2 Å². The molecule has 0 radical (unpaired) electrons. The molecule has 0 spiro atoms. The molecule has 14 heavy (non-hydrogen) atoms. The quantitative estimate of drug-likeness (QED) is 0.476. The van der Waals surface area contributed by atoms with Gasteiger partial charge in [-0.05, 0) is 24.7 Å². The Kier molecular flexibility index (Phi) is 4.10. The standard InChI is InChI=1S/C10H16N4/c1-13-7-10(12)14-9-4-2-3-8(5-9)6-11/h2-5,13H,6-7,11H2,1H3,(H2,12,14). The van der Waals surface area contributed by atoms with Crippen LogP contribution in [-0.2, 0) is 6.54 Å². The average Bonchev–Trinajstić information content (AvgIpc) is 2.18. The Balaban J connectivity index is 2.80. The van der Waals surface area contributed by atoms with Crippen molar-refractivity contribution in [2.45, 2.75) is 6.54 Å². The number of rotatable bonds is 4. The van der Waals surface area contributed by atoms with E-state index in [0.717, 1.165) is 11.3 Å². The highest BCUT2D eigenvalue weighted by atomic mass is 14.9. The van der Waals surface area contributed by atoms with E-state index >= 15 is 0 Å². The largest absolute Gasteiger partial charge is 0.386 e. The van der Waals surface area contributed by atoms with Crippen LogP contribution >= 0.6 is 0 Å². The normalized spacial score (nSPS) is 11.7. The maximum absolute atomic E-state index is 5.66. The summed E-state index contributed by atoms with van der Waals surface area (Å²) in [6.45, 7) is 1.11. The summed E-state index contributed by atoms with van der Waals surface area (Å²) in [5.74, 6) is 0.571. The predicted octanol–water partition coefficient (Wildman–Crippen LogP) is 0.353. The molecule has 4 nitrogen and oxygen atoms in total. The second-order valence-corrected chi connectivity index (χ2v) is 3.01. The van der Waals surface area contributed by atoms with Gasteiger partial charge in [0.1, 0.15) is 5.84 Å². The van der Waals surface area contributed by atoms with Crippen LogP contribution in [0, 0.1) is 0 Å². The first-order valence-electron chi connectivity index (χ1n) is 4.53. The lowest BCUT2D eigenvalue weighted by atomic mass is 10.2. The lowest BCUT2D eigenvalue weighted by Gasteiger charge is -2.01. The maximum atomic E-state index is 5.66. The molecule has 0 amide bonds. The molecule has 0 atom stereocenters. The summed E-state index contributed by atoms with van der Waals surface area (Å²) < 4.78 is 0. The number of nitrogens with two attached hydrogens (primary N) is 2. The minimum absolute atomic E-state index is 0.523. The molecule has 0 heterocycles. The molecule has 76 valence electrons. The molecular weight excluding hydrogens is 176 g/mol. The van der Waals surface area contributed by atoms with Crippen LogP contribution in [0.5, 0.6) is 0 Å². The van der Waals surface area contributed by atoms with Crippen LogP contribution in [0.3, 0.4) is 0 Å².